The molecule has 6 aliphatic heterocycles. The van der Waals surface area contributed by atoms with Crippen molar-refractivity contribution < 1.29 is 49.6 Å². The van der Waals surface area contributed by atoms with Crippen molar-refractivity contribution in [1.82, 2.24) is 5.32 Å². The fraction of sp³-hybridized carbons (Fsp3) is 0.691. The highest BCUT2D eigenvalue weighted by atomic mass is 16.5. The van der Waals surface area contributed by atoms with Crippen molar-refractivity contribution in [3.05, 3.63) is 76.4 Å². The van der Waals surface area contributed by atoms with E-state index in [1.807, 2.05) is 18.2 Å². The van der Waals surface area contributed by atoms with Gasteiger partial charge in [0.15, 0.2) is 17.5 Å². The van der Waals surface area contributed by atoms with Gasteiger partial charge in [0.25, 0.3) is 0 Å². The minimum Gasteiger partial charge on any atom is -0.508 e. The molecule has 0 aromatic heterocycles. The summed E-state index contributed by atoms with van der Waals surface area (Å²) in [4.78, 5) is 5.24. The number of phenols is 2. The minimum absolute atomic E-state index is 0.0000257. The molecule has 81 heavy (non-hydrogen) atoms. The van der Waals surface area contributed by atoms with Crippen LogP contribution in [-0.4, -0.2) is 100 Å². The Morgan fingerprint density at radius 2 is 1.64 bits per heavy atom. The van der Waals surface area contributed by atoms with Crippen LogP contribution in [0.3, 0.4) is 0 Å². The highest BCUT2D eigenvalue weighted by Gasteiger charge is 2.61. The van der Waals surface area contributed by atoms with E-state index in [1.165, 1.54) is 25.7 Å². The zero-order valence-electron chi connectivity index (χ0n) is 49.0. The molecule has 13 nitrogen and oxygen atoms in total. The van der Waals surface area contributed by atoms with Crippen molar-refractivity contribution >= 4 is 5.96 Å². The molecular weight excluding hydrogens is 1020 g/mol. The first-order valence-electron chi connectivity index (χ1n) is 31.8. The lowest BCUT2D eigenvalue weighted by molar-refractivity contribution is -0.176. The van der Waals surface area contributed by atoms with Crippen molar-refractivity contribution in [1.29, 1.82) is 0 Å². The van der Waals surface area contributed by atoms with E-state index in [4.69, 9.17) is 29.7 Å². The van der Waals surface area contributed by atoms with Crippen LogP contribution in [0.1, 0.15) is 189 Å². The van der Waals surface area contributed by atoms with Gasteiger partial charge in [0.1, 0.15) is 29.5 Å². The molecule has 15 rings (SSSR count). The van der Waals surface area contributed by atoms with Gasteiger partial charge in [-0.05, 0) is 219 Å². The van der Waals surface area contributed by atoms with Gasteiger partial charge in [-0.2, -0.15) is 0 Å². The maximum Gasteiger partial charge on any atom is 0.188 e. The number of aliphatic imine (C=N–C) groups is 1. The number of fused-ring (bicyclic) bond motifs is 2. The van der Waals surface area contributed by atoms with Gasteiger partial charge in [-0.15, -0.1) is 0 Å². The maximum atomic E-state index is 12.8. The van der Waals surface area contributed by atoms with Gasteiger partial charge in [0.05, 0.1) is 31.0 Å². The lowest BCUT2D eigenvalue weighted by Crippen LogP contribution is -2.54. The summed E-state index contributed by atoms with van der Waals surface area (Å²) in [7, 11) is 1.71. The number of aliphatic hydroxyl groups excluding tert-OH is 3. The number of nitrogens with zero attached hydrogens (tertiary/aromatic N) is 1. The molecule has 14 atom stereocenters. The van der Waals surface area contributed by atoms with Gasteiger partial charge in [-0.3, -0.25) is 4.99 Å². The van der Waals surface area contributed by atoms with Crippen LogP contribution in [0.4, 0.5) is 0 Å². The number of benzene rings is 3. The van der Waals surface area contributed by atoms with Crippen LogP contribution < -0.4 is 25.3 Å². The molecule has 442 valence electrons. The summed E-state index contributed by atoms with van der Waals surface area (Å²) in [6.07, 6.45) is 22.2. The molecule has 6 aliphatic carbocycles. The summed E-state index contributed by atoms with van der Waals surface area (Å²) < 4.78 is 26.9. The van der Waals surface area contributed by atoms with Gasteiger partial charge in [0.2, 0.25) is 0 Å². The van der Waals surface area contributed by atoms with Crippen molar-refractivity contribution in [3.8, 4) is 39.9 Å². The number of hydrogen-bond donors (Lipinski definition) is 8. The molecule has 3 aromatic rings. The minimum atomic E-state index is -0.925. The Morgan fingerprint density at radius 1 is 0.827 bits per heavy atom. The van der Waals surface area contributed by atoms with E-state index in [9.17, 15) is 30.6 Å². The SMILES string of the molecule is CC[C@@H]1C[C@@H]2C=C[C@H]1C[C@H](O)C[C@]1(CCC[C@@]13CCO[C@H]([C@@]1(O)CCC4(CCCC4)C1)C3)CN=C(N)NCC[C@H]1[C@@H](CO)CCC[C@@H]1Oc1cc(ccc1O)[C@@H]1Oc3cc(OC)c4c(c3C[C@H]1O)[C@H]2Cc1cc(O)c(CC(C)C)cc1-4. The second-order valence-electron chi connectivity index (χ2n) is 28.0. The molecule has 4 saturated carbocycles. The quantitative estimate of drug-likeness (QED) is 0.109. The van der Waals surface area contributed by atoms with Crippen LogP contribution in [0, 0.1) is 51.8 Å². The summed E-state index contributed by atoms with van der Waals surface area (Å²) >= 11 is 0. The number of rotatable bonds is 6. The summed E-state index contributed by atoms with van der Waals surface area (Å²) in [5, 5.41) is 75.2. The number of allylic oxidation sites excluding steroid dienone is 2. The van der Waals surface area contributed by atoms with Gasteiger partial charge >= 0.3 is 0 Å². The summed E-state index contributed by atoms with van der Waals surface area (Å²) in [5.41, 5.74) is 12.6. The number of aliphatic hydroxyl groups is 4. The van der Waals surface area contributed by atoms with Crippen LogP contribution in [0.2, 0.25) is 0 Å². The smallest absolute Gasteiger partial charge is 0.188 e. The Bertz CT molecular complexity index is 2830. The van der Waals surface area contributed by atoms with E-state index in [0.717, 1.165) is 123 Å². The molecule has 3 spiro atoms. The van der Waals surface area contributed by atoms with Crippen LogP contribution in [0.25, 0.3) is 11.1 Å². The van der Waals surface area contributed by atoms with Crippen molar-refractivity contribution in [2.75, 3.05) is 33.4 Å². The van der Waals surface area contributed by atoms with Crippen LogP contribution in [0.15, 0.2) is 53.5 Å². The molecular formula is C68H95N3O10. The third kappa shape index (κ3) is 10.7. The standard InChI is InChI=1S/C68H95N3O10/c1-5-41-27-43-13-12-42(41)28-48(73)35-67(20-9-19-66(67)23-25-79-60(36-66)68(77)22-21-65(38-68)17-6-7-18-65)39-71-64(69)70-24-16-49-45(37-72)10-8-11-56(49)80-58-32-44(14-15-53(58)74)63-55(76)33-52-57(81-63)34-59(78-4)62-51-30-47(26-40(2)3)54(75)31-46(51)29-50(43)61(52)62/h12-15,30-32,34,40-43,45,48-50,55-56,60,63,72-77H,5-11,16-29,33,35-39H2,1-4H3,(H3,69,70,71)/t41-,42+,43+,45-,48+,49+,50+,55-,56+,60+,63+,66+,67-,68-/m1/s1. The number of nitrogens with one attached hydrogen (secondary N) is 1. The fourth-order valence-corrected chi connectivity index (χ4v) is 18.8. The number of ether oxygens (including phenoxy) is 4. The number of aromatic hydroxyl groups is 2. The van der Waals surface area contributed by atoms with Crippen molar-refractivity contribution in [2.24, 2.45) is 62.5 Å². The predicted molar refractivity (Wildman–Crippen MR) is 315 cm³/mol. The molecule has 0 amide bonds. The van der Waals surface area contributed by atoms with Crippen molar-refractivity contribution in [2.45, 2.75) is 210 Å². The van der Waals surface area contributed by atoms with Gasteiger partial charge in [0, 0.05) is 55.8 Å². The lowest BCUT2D eigenvalue weighted by Gasteiger charge is -2.53. The molecule has 9 N–H and O–H groups in total. The largest absolute Gasteiger partial charge is 0.508 e. The number of hydrogen-bond acceptors (Lipinski definition) is 13. The Hall–Kier alpha value is -4.53. The molecule has 1 saturated heterocycles. The van der Waals surface area contributed by atoms with E-state index >= 15 is 0 Å². The predicted octanol–water partition coefficient (Wildman–Crippen LogP) is 11.3. The molecule has 5 fully saturated rings. The Labute approximate surface area is 481 Å². The topological polar surface area (TPSA) is 209 Å². The van der Waals surface area contributed by atoms with Gasteiger partial charge < -0.3 is 60.6 Å². The Kier molecular flexibility index (Phi) is 16.0. The van der Waals surface area contributed by atoms with Crippen LogP contribution in [-0.2, 0) is 24.0 Å². The molecule has 8 bridgehead atoms. The normalized spacial score (nSPS) is 36.5. The fourth-order valence-electron chi connectivity index (χ4n) is 18.8. The van der Waals surface area contributed by atoms with Gasteiger partial charge in [-0.1, -0.05) is 64.7 Å². The molecule has 12 aliphatic rings. The van der Waals surface area contributed by atoms with Crippen LogP contribution in [0.5, 0.6) is 28.7 Å². The van der Waals surface area contributed by atoms with Gasteiger partial charge in [-0.25, -0.2) is 0 Å². The van der Waals surface area contributed by atoms with E-state index in [1.54, 1.807) is 19.2 Å². The molecule has 6 heterocycles. The Morgan fingerprint density at radius 3 is 2.43 bits per heavy atom. The monoisotopic (exact) mass is 1110 g/mol. The number of phenolic OH excluding ortho intramolecular Hbond substituents is 2. The first-order chi connectivity index (χ1) is 39.0. The number of nitrogens with two attached hydrogens (primary N) is 1. The third-order valence-electron chi connectivity index (χ3n) is 22.9. The van der Waals surface area contributed by atoms with E-state index in [0.29, 0.717) is 98.2 Å². The summed E-state index contributed by atoms with van der Waals surface area (Å²) in [6.45, 7) is 8.23. The van der Waals surface area contributed by atoms with E-state index < -0.39 is 23.9 Å². The highest BCUT2D eigenvalue weighted by molar-refractivity contribution is 5.84. The number of guanidine groups is 1. The van der Waals surface area contributed by atoms with Crippen molar-refractivity contribution in [3.63, 3.8) is 0 Å². The average Bonchev–Trinajstić information content (AvgIpc) is 4.35. The second kappa shape index (κ2) is 22.8. The third-order valence-corrected chi connectivity index (χ3v) is 22.9. The van der Waals surface area contributed by atoms with Crippen LogP contribution >= 0.6 is 0 Å². The molecule has 0 radical (unpaired) electrons. The summed E-state index contributed by atoms with van der Waals surface area (Å²) in [5.74, 6) is 3.19. The summed E-state index contributed by atoms with van der Waals surface area (Å²) in [6, 6.07) is 11.4. The maximum absolute atomic E-state index is 12.8. The zero-order chi connectivity index (χ0) is 56.4. The van der Waals surface area contributed by atoms with E-state index in [2.05, 4.69) is 44.3 Å². The molecule has 13 heteroatoms. The average molecular weight is 1110 g/mol. The molecule has 3 aromatic carbocycles. The Balaban J connectivity index is 0.933. The zero-order valence-corrected chi connectivity index (χ0v) is 49.0. The first-order valence-corrected chi connectivity index (χ1v) is 31.8. The second-order valence-corrected chi connectivity index (χ2v) is 28.0. The highest BCUT2D eigenvalue weighted by Crippen LogP contribution is 2.65. The molecule has 0 unspecified atom stereocenters. The van der Waals surface area contributed by atoms with E-state index in [-0.39, 0.29) is 70.4 Å². The first kappa shape index (κ1) is 56.9. The lowest BCUT2D eigenvalue weighted by atomic mass is 9.56. The number of methoxy groups -OCH3 is 1.